The summed E-state index contributed by atoms with van der Waals surface area (Å²) >= 11 is 7.47. The first-order valence-corrected chi connectivity index (χ1v) is 9.09. The van der Waals surface area contributed by atoms with Gasteiger partial charge < -0.3 is 0 Å². The Hall–Kier alpha value is -1.48. The molecule has 3 rings (SSSR count). The monoisotopic (exact) mass is 356 g/mol. The molecule has 6 nitrogen and oxygen atoms in total. The molecule has 0 aliphatic carbocycles. The van der Waals surface area contributed by atoms with Crippen LogP contribution in [0.4, 0.5) is 0 Å². The number of para-hydroxylation sites is 1. The molecular formula is C13H13ClN4O2S2. The van der Waals surface area contributed by atoms with Crippen LogP contribution >= 0.6 is 22.9 Å². The van der Waals surface area contributed by atoms with Crippen molar-refractivity contribution in [1.29, 1.82) is 0 Å². The van der Waals surface area contributed by atoms with Crippen molar-refractivity contribution in [2.45, 2.75) is 18.4 Å². The van der Waals surface area contributed by atoms with Gasteiger partial charge in [-0.05, 0) is 19.1 Å². The lowest BCUT2D eigenvalue weighted by Gasteiger charge is -2.04. The number of nitrogens with zero attached hydrogens (tertiary/aromatic N) is 3. The van der Waals surface area contributed by atoms with Crippen LogP contribution in [0.1, 0.15) is 10.7 Å². The molecule has 0 atom stereocenters. The maximum atomic E-state index is 12.4. The van der Waals surface area contributed by atoms with E-state index in [4.69, 9.17) is 11.6 Å². The van der Waals surface area contributed by atoms with Crippen LogP contribution in [0.15, 0.2) is 29.2 Å². The van der Waals surface area contributed by atoms with E-state index in [9.17, 15) is 8.42 Å². The van der Waals surface area contributed by atoms with Crippen molar-refractivity contribution in [3.63, 3.8) is 0 Å². The summed E-state index contributed by atoms with van der Waals surface area (Å²) < 4.78 is 29.7. The van der Waals surface area contributed by atoms with Gasteiger partial charge in [0.25, 0.3) is 0 Å². The van der Waals surface area contributed by atoms with E-state index in [1.807, 2.05) is 24.3 Å². The van der Waals surface area contributed by atoms with Crippen LogP contribution in [-0.2, 0) is 23.6 Å². The quantitative estimate of drug-likeness (QED) is 0.779. The van der Waals surface area contributed by atoms with Crippen molar-refractivity contribution < 1.29 is 8.42 Å². The van der Waals surface area contributed by atoms with Crippen LogP contribution in [0.5, 0.6) is 0 Å². The molecule has 0 unspecified atom stereocenters. The molecule has 1 N–H and O–H groups in total. The molecule has 1 aromatic carbocycles. The van der Waals surface area contributed by atoms with Crippen molar-refractivity contribution in [3.8, 4) is 0 Å². The highest BCUT2D eigenvalue weighted by molar-refractivity contribution is 7.89. The van der Waals surface area contributed by atoms with Gasteiger partial charge in [0, 0.05) is 7.05 Å². The first-order valence-electron chi connectivity index (χ1n) is 6.41. The summed E-state index contributed by atoms with van der Waals surface area (Å²) in [4.78, 5) is 4.41. The summed E-state index contributed by atoms with van der Waals surface area (Å²) in [6, 6.07) is 7.67. The van der Waals surface area contributed by atoms with Crippen molar-refractivity contribution in [2.24, 2.45) is 7.05 Å². The molecule has 0 radical (unpaired) electrons. The molecule has 0 spiro atoms. The zero-order valence-corrected chi connectivity index (χ0v) is 14.3. The van der Waals surface area contributed by atoms with Crippen molar-refractivity contribution >= 4 is 43.2 Å². The second-order valence-corrected chi connectivity index (χ2v) is 7.91. The van der Waals surface area contributed by atoms with Gasteiger partial charge in [-0.1, -0.05) is 23.7 Å². The van der Waals surface area contributed by atoms with Crippen molar-refractivity contribution in [2.75, 3.05) is 0 Å². The van der Waals surface area contributed by atoms with E-state index in [-0.39, 0.29) is 16.6 Å². The highest BCUT2D eigenvalue weighted by Crippen LogP contribution is 2.25. The van der Waals surface area contributed by atoms with E-state index >= 15 is 0 Å². The van der Waals surface area contributed by atoms with Gasteiger partial charge in [-0.3, -0.25) is 4.68 Å². The van der Waals surface area contributed by atoms with E-state index in [2.05, 4.69) is 14.8 Å². The summed E-state index contributed by atoms with van der Waals surface area (Å²) in [5.41, 5.74) is 1.22. The molecule has 2 heterocycles. The van der Waals surface area contributed by atoms with Crippen LogP contribution < -0.4 is 4.72 Å². The van der Waals surface area contributed by atoms with Gasteiger partial charge in [-0.25, -0.2) is 18.1 Å². The fraction of sp³-hybridized carbons (Fsp3) is 0.231. The summed E-state index contributed by atoms with van der Waals surface area (Å²) in [6.45, 7) is 1.73. The molecule has 0 saturated heterocycles. The van der Waals surface area contributed by atoms with Gasteiger partial charge >= 0.3 is 0 Å². The van der Waals surface area contributed by atoms with Gasteiger partial charge in [0.2, 0.25) is 10.0 Å². The molecule has 3 aromatic rings. The molecule has 0 aliphatic rings. The van der Waals surface area contributed by atoms with Gasteiger partial charge in [0.1, 0.15) is 15.1 Å². The minimum atomic E-state index is -3.74. The lowest BCUT2D eigenvalue weighted by Crippen LogP contribution is -2.23. The maximum Gasteiger partial charge on any atom is 0.245 e. The third-order valence-electron chi connectivity index (χ3n) is 3.12. The summed E-state index contributed by atoms with van der Waals surface area (Å²) in [7, 11) is -2.14. The number of hydrogen-bond acceptors (Lipinski definition) is 5. The smallest absolute Gasteiger partial charge is 0.245 e. The lowest BCUT2D eigenvalue weighted by molar-refractivity contribution is 0.580. The number of fused-ring (bicyclic) bond motifs is 1. The van der Waals surface area contributed by atoms with Gasteiger partial charge in [0.05, 0.1) is 22.5 Å². The highest BCUT2D eigenvalue weighted by atomic mass is 35.5. The van der Waals surface area contributed by atoms with Crippen LogP contribution in [0.25, 0.3) is 10.2 Å². The number of aryl methyl sites for hydroxylation is 2. The molecule has 0 fully saturated rings. The van der Waals surface area contributed by atoms with Gasteiger partial charge in [-0.15, -0.1) is 11.3 Å². The summed E-state index contributed by atoms with van der Waals surface area (Å²) in [5, 5.41) is 4.81. The van der Waals surface area contributed by atoms with Crippen molar-refractivity contribution in [3.05, 3.63) is 40.1 Å². The Morgan fingerprint density at radius 2 is 2.09 bits per heavy atom. The SMILES string of the molecule is Cc1nn(C)c(Cl)c1S(=O)(=O)NCc1nc2ccccc2s1. The predicted molar refractivity (Wildman–Crippen MR) is 86.6 cm³/mol. The number of benzene rings is 1. The molecule has 116 valence electrons. The number of hydrogen-bond donors (Lipinski definition) is 1. The zero-order chi connectivity index (χ0) is 15.9. The number of nitrogens with one attached hydrogen (secondary N) is 1. The Morgan fingerprint density at radius 1 is 1.36 bits per heavy atom. The van der Waals surface area contributed by atoms with Crippen LogP contribution in [-0.4, -0.2) is 23.2 Å². The van der Waals surface area contributed by atoms with Crippen molar-refractivity contribution in [1.82, 2.24) is 19.5 Å². The molecule has 2 aromatic heterocycles. The second-order valence-electron chi connectivity index (χ2n) is 4.73. The molecule has 0 amide bonds. The van der Waals surface area contributed by atoms with Crippen LogP contribution in [0.3, 0.4) is 0 Å². The fourth-order valence-corrected chi connectivity index (χ4v) is 4.87. The van der Waals surface area contributed by atoms with E-state index in [1.165, 1.54) is 16.0 Å². The van der Waals surface area contributed by atoms with E-state index in [0.29, 0.717) is 10.7 Å². The second kappa shape index (κ2) is 5.62. The number of rotatable bonds is 4. The normalized spacial score (nSPS) is 12.1. The molecule has 0 bridgehead atoms. The zero-order valence-electron chi connectivity index (χ0n) is 11.9. The Balaban J connectivity index is 1.85. The summed E-state index contributed by atoms with van der Waals surface area (Å²) in [6.07, 6.45) is 0. The lowest BCUT2D eigenvalue weighted by atomic mass is 10.3. The minimum Gasteiger partial charge on any atom is -0.255 e. The first kappa shape index (κ1) is 15.4. The minimum absolute atomic E-state index is 0.0118. The van der Waals surface area contributed by atoms with Crippen LogP contribution in [0.2, 0.25) is 5.15 Å². The Labute approximate surface area is 136 Å². The van der Waals surface area contributed by atoms with Gasteiger partial charge in [-0.2, -0.15) is 5.10 Å². The third-order valence-corrected chi connectivity index (χ3v) is 6.25. The standard InChI is InChI=1S/C13H13ClN4O2S2/c1-8-12(13(14)18(2)17-8)22(19,20)15-7-11-16-9-5-3-4-6-10(9)21-11/h3-6,15H,7H2,1-2H3. The fourth-order valence-electron chi connectivity index (χ4n) is 2.14. The Kier molecular flexibility index (Phi) is 3.94. The number of sulfonamides is 1. The van der Waals surface area contributed by atoms with E-state index in [1.54, 1.807) is 14.0 Å². The number of thiazole rings is 1. The first-order chi connectivity index (χ1) is 10.4. The average Bonchev–Trinajstić information content (AvgIpc) is 2.98. The molecule has 0 saturated carbocycles. The largest absolute Gasteiger partial charge is 0.255 e. The summed E-state index contributed by atoms with van der Waals surface area (Å²) in [5.74, 6) is 0. The number of halogens is 1. The maximum absolute atomic E-state index is 12.4. The molecular weight excluding hydrogens is 344 g/mol. The molecule has 9 heteroatoms. The van der Waals surface area contributed by atoms with E-state index in [0.717, 1.165) is 10.2 Å². The van der Waals surface area contributed by atoms with E-state index < -0.39 is 10.0 Å². The predicted octanol–water partition coefficient (Wildman–Crippen LogP) is 2.47. The highest BCUT2D eigenvalue weighted by Gasteiger charge is 2.25. The Bertz CT molecular complexity index is 913. The molecule has 22 heavy (non-hydrogen) atoms. The third kappa shape index (κ3) is 2.74. The Morgan fingerprint density at radius 3 is 2.73 bits per heavy atom. The number of aromatic nitrogens is 3. The van der Waals surface area contributed by atoms with Gasteiger partial charge in [0.15, 0.2) is 0 Å². The topological polar surface area (TPSA) is 76.9 Å². The molecule has 0 aliphatic heterocycles. The van der Waals surface area contributed by atoms with Crippen LogP contribution in [0, 0.1) is 6.92 Å². The average molecular weight is 357 g/mol.